The zero-order chi connectivity index (χ0) is 21.1. The van der Waals surface area contributed by atoms with Crippen LogP contribution >= 0.6 is 27.5 Å². The summed E-state index contributed by atoms with van der Waals surface area (Å²) in [5.41, 5.74) is 7.33. The van der Waals surface area contributed by atoms with Crippen molar-refractivity contribution in [1.29, 1.82) is 0 Å². The predicted molar refractivity (Wildman–Crippen MR) is 126 cm³/mol. The number of benzene rings is 3. The summed E-state index contributed by atoms with van der Waals surface area (Å²) in [5.74, 6) is -0.254. The number of hydrazone groups is 1. The van der Waals surface area contributed by atoms with Crippen molar-refractivity contribution in [2.24, 2.45) is 5.10 Å². The lowest BCUT2D eigenvalue weighted by Crippen LogP contribution is -2.17. The van der Waals surface area contributed by atoms with Gasteiger partial charge in [0.2, 0.25) is 0 Å². The van der Waals surface area contributed by atoms with Crippen LogP contribution in [0.4, 0.5) is 0 Å². The number of hydrogen-bond donors (Lipinski definition) is 1. The number of carbonyl (C=O) groups is 1. The number of nitrogens with one attached hydrogen (secondary N) is 1. The first kappa shape index (κ1) is 20.4. The number of carbonyl (C=O) groups excluding carboxylic acids is 1. The van der Waals surface area contributed by atoms with Gasteiger partial charge in [0.05, 0.1) is 6.21 Å². The first-order valence-corrected chi connectivity index (χ1v) is 10.6. The maximum absolute atomic E-state index is 12.3. The van der Waals surface area contributed by atoms with Gasteiger partial charge in [0.25, 0.3) is 5.91 Å². The number of amides is 1. The summed E-state index contributed by atoms with van der Waals surface area (Å²) in [7, 11) is 0. The van der Waals surface area contributed by atoms with E-state index < -0.39 is 0 Å². The molecule has 0 fully saturated rings. The second-order valence-corrected chi connectivity index (χ2v) is 8.22. The predicted octanol–water partition coefficient (Wildman–Crippen LogP) is 6.18. The summed E-state index contributed by atoms with van der Waals surface area (Å²) in [6.07, 6.45) is 1.71. The second-order valence-electron chi connectivity index (χ2n) is 6.90. The maximum atomic E-state index is 12.3. The Morgan fingerprint density at radius 2 is 1.77 bits per heavy atom. The minimum absolute atomic E-state index is 0.254. The molecule has 0 unspecified atom stereocenters. The highest BCUT2D eigenvalue weighted by molar-refractivity contribution is 9.10. The van der Waals surface area contributed by atoms with Gasteiger partial charge in [0.1, 0.15) is 0 Å². The number of halogens is 2. The average Bonchev–Trinajstić information content (AvgIpc) is 3.01. The van der Waals surface area contributed by atoms with E-state index in [0.29, 0.717) is 12.1 Å². The first-order chi connectivity index (χ1) is 14.5. The molecule has 1 aromatic heterocycles. The van der Waals surface area contributed by atoms with Crippen LogP contribution in [0.25, 0.3) is 10.9 Å². The molecule has 1 N–H and O–H groups in total. The third-order valence-electron chi connectivity index (χ3n) is 5.03. The fourth-order valence-corrected chi connectivity index (χ4v) is 3.90. The van der Waals surface area contributed by atoms with E-state index in [1.165, 1.54) is 0 Å². The van der Waals surface area contributed by atoms with Crippen molar-refractivity contribution in [2.75, 3.05) is 0 Å². The van der Waals surface area contributed by atoms with Crippen LogP contribution in [0.1, 0.15) is 27.2 Å². The van der Waals surface area contributed by atoms with Gasteiger partial charge in [0, 0.05) is 43.8 Å². The number of fused-ring (bicyclic) bond motifs is 1. The molecule has 1 amide bonds. The normalized spacial score (nSPS) is 11.3. The molecule has 3 aromatic carbocycles. The molecule has 4 aromatic rings. The Balaban J connectivity index is 1.63. The van der Waals surface area contributed by atoms with Gasteiger partial charge in [0.15, 0.2) is 0 Å². The summed E-state index contributed by atoms with van der Waals surface area (Å²) < 4.78 is 3.14. The Bertz CT molecular complexity index is 1250. The summed E-state index contributed by atoms with van der Waals surface area (Å²) in [5, 5.41) is 6.03. The van der Waals surface area contributed by atoms with Crippen molar-refractivity contribution in [2.45, 2.75) is 13.5 Å². The molecular weight excluding hydrogens is 462 g/mol. The van der Waals surface area contributed by atoms with Crippen molar-refractivity contribution in [3.8, 4) is 0 Å². The molecule has 0 radical (unpaired) electrons. The van der Waals surface area contributed by atoms with E-state index in [2.05, 4.69) is 50.1 Å². The quantitative estimate of drug-likeness (QED) is 0.269. The monoisotopic (exact) mass is 479 g/mol. The lowest BCUT2D eigenvalue weighted by Gasteiger charge is -2.10. The van der Waals surface area contributed by atoms with Crippen molar-refractivity contribution < 1.29 is 4.79 Å². The summed E-state index contributed by atoms with van der Waals surface area (Å²) in [4.78, 5) is 12.3. The molecule has 0 saturated heterocycles. The lowest BCUT2D eigenvalue weighted by molar-refractivity contribution is 0.0955. The van der Waals surface area contributed by atoms with Crippen molar-refractivity contribution in [3.05, 3.63) is 105 Å². The standard InChI is InChI=1S/C24H19BrClN3O/c1-16-21(14-27-28-24(30)17-10-12-19(25)13-11-17)20-7-3-5-9-23(20)29(16)15-18-6-2-4-8-22(18)26/h2-14H,15H2,1H3,(H,28,30)/b27-14-. The van der Waals surface area contributed by atoms with Crippen LogP contribution in [-0.2, 0) is 6.54 Å². The highest BCUT2D eigenvalue weighted by atomic mass is 79.9. The van der Waals surface area contributed by atoms with E-state index in [1.807, 2.05) is 48.5 Å². The van der Waals surface area contributed by atoms with E-state index >= 15 is 0 Å². The van der Waals surface area contributed by atoms with E-state index in [-0.39, 0.29) is 5.91 Å². The smallest absolute Gasteiger partial charge is 0.271 e. The third-order valence-corrected chi connectivity index (χ3v) is 5.93. The molecule has 30 heavy (non-hydrogen) atoms. The number of para-hydroxylation sites is 1. The van der Waals surface area contributed by atoms with E-state index in [1.54, 1.807) is 18.3 Å². The molecule has 0 aliphatic rings. The molecule has 0 saturated carbocycles. The highest BCUT2D eigenvalue weighted by Gasteiger charge is 2.14. The molecule has 0 aliphatic carbocycles. The Hall–Kier alpha value is -2.89. The Kier molecular flexibility index (Phi) is 6.02. The third kappa shape index (κ3) is 4.18. The van der Waals surface area contributed by atoms with E-state index in [4.69, 9.17) is 11.6 Å². The molecule has 6 heteroatoms. The van der Waals surface area contributed by atoms with Crippen LogP contribution < -0.4 is 5.43 Å². The van der Waals surface area contributed by atoms with Crippen molar-refractivity contribution in [3.63, 3.8) is 0 Å². The zero-order valence-corrected chi connectivity index (χ0v) is 18.6. The summed E-state index contributed by atoms with van der Waals surface area (Å²) in [6.45, 7) is 2.71. The molecule has 4 rings (SSSR count). The van der Waals surface area contributed by atoms with Gasteiger partial charge in [-0.1, -0.05) is 63.9 Å². The average molecular weight is 481 g/mol. The van der Waals surface area contributed by atoms with Crippen LogP contribution in [0.2, 0.25) is 5.02 Å². The number of aromatic nitrogens is 1. The number of hydrogen-bond acceptors (Lipinski definition) is 2. The van der Waals surface area contributed by atoms with Crippen LogP contribution in [0.3, 0.4) is 0 Å². The summed E-state index contributed by atoms with van der Waals surface area (Å²) in [6, 6.07) is 23.1. The van der Waals surface area contributed by atoms with E-state index in [0.717, 1.165) is 37.2 Å². The minimum atomic E-state index is -0.254. The van der Waals surface area contributed by atoms with E-state index in [9.17, 15) is 4.79 Å². The minimum Gasteiger partial charge on any atom is -0.340 e. The van der Waals surface area contributed by atoms with Gasteiger partial charge in [-0.3, -0.25) is 4.79 Å². The molecular formula is C24H19BrClN3O. The van der Waals surface area contributed by atoms with Gasteiger partial charge in [-0.05, 0) is 48.9 Å². The Labute approximate surface area is 188 Å². The summed E-state index contributed by atoms with van der Waals surface area (Å²) >= 11 is 9.75. The van der Waals surface area contributed by atoms with Crippen LogP contribution in [0.5, 0.6) is 0 Å². The largest absolute Gasteiger partial charge is 0.340 e. The van der Waals surface area contributed by atoms with Crippen LogP contribution in [-0.4, -0.2) is 16.7 Å². The molecule has 0 atom stereocenters. The Morgan fingerprint density at radius 1 is 1.07 bits per heavy atom. The zero-order valence-electron chi connectivity index (χ0n) is 16.3. The van der Waals surface area contributed by atoms with Crippen molar-refractivity contribution >= 4 is 50.6 Å². The number of rotatable bonds is 5. The van der Waals surface area contributed by atoms with Gasteiger partial charge in [-0.15, -0.1) is 0 Å². The maximum Gasteiger partial charge on any atom is 0.271 e. The molecule has 150 valence electrons. The van der Waals surface area contributed by atoms with Crippen LogP contribution in [0.15, 0.2) is 82.4 Å². The number of nitrogens with zero attached hydrogens (tertiary/aromatic N) is 2. The lowest BCUT2D eigenvalue weighted by atomic mass is 10.1. The molecule has 4 nitrogen and oxygen atoms in total. The van der Waals surface area contributed by atoms with Gasteiger partial charge < -0.3 is 4.57 Å². The van der Waals surface area contributed by atoms with Crippen molar-refractivity contribution in [1.82, 2.24) is 9.99 Å². The topological polar surface area (TPSA) is 46.4 Å². The molecule has 0 aliphatic heterocycles. The van der Waals surface area contributed by atoms with Crippen LogP contribution in [0, 0.1) is 6.92 Å². The van der Waals surface area contributed by atoms with Gasteiger partial charge in [-0.2, -0.15) is 5.10 Å². The SMILES string of the molecule is Cc1c(/C=N\NC(=O)c2ccc(Br)cc2)c2ccccc2n1Cc1ccccc1Cl. The highest BCUT2D eigenvalue weighted by Crippen LogP contribution is 2.27. The Morgan fingerprint density at radius 3 is 2.53 bits per heavy atom. The molecule has 1 heterocycles. The van der Waals surface area contributed by atoms with Gasteiger partial charge in [-0.25, -0.2) is 5.43 Å². The molecule has 0 spiro atoms. The first-order valence-electron chi connectivity index (χ1n) is 9.45. The fraction of sp³-hybridized carbons (Fsp3) is 0.0833. The molecule has 0 bridgehead atoms. The van der Waals surface area contributed by atoms with Gasteiger partial charge >= 0.3 is 0 Å². The second kappa shape index (κ2) is 8.86. The fourth-order valence-electron chi connectivity index (χ4n) is 3.44.